The highest BCUT2D eigenvalue weighted by Gasteiger charge is 2.24. The Bertz CT molecular complexity index is 508. The summed E-state index contributed by atoms with van der Waals surface area (Å²) in [6.07, 6.45) is 1.19. The number of hydrogen-bond donors (Lipinski definition) is 3. The minimum atomic E-state index is -0.487. The smallest absolute Gasteiger partial charge is 0.407 e. The molecule has 0 atom stereocenters. The van der Waals surface area contributed by atoms with E-state index in [0.29, 0.717) is 5.95 Å². The summed E-state index contributed by atoms with van der Waals surface area (Å²) in [6.45, 7) is 6.96. The maximum absolute atomic E-state index is 11.7. The lowest BCUT2D eigenvalue weighted by atomic mass is 10.1. The largest absolute Gasteiger partial charge is 0.444 e. The van der Waals surface area contributed by atoms with Crippen molar-refractivity contribution in [3.63, 3.8) is 0 Å². The number of ether oxygens (including phenoxy) is 1. The molecule has 0 saturated carbocycles. The molecule has 1 fully saturated rings. The van der Waals surface area contributed by atoms with Crippen LogP contribution in [-0.2, 0) is 4.74 Å². The zero-order valence-corrected chi connectivity index (χ0v) is 12.0. The van der Waals surface area contributed by atoms with Gasteiger partial charge in [0.05, 0.1) is 0 Å². The molecule has 3 N–H and O–H groups in total. The molecule has 1 aromatic rings. The fourth-order valence-corrected chi connectivity index (χ4v) is 2.12. The van der Waals surface area contributed by atoms with Gasteiger partial charge in [0.1, 0.15) is 5.60 Å². The summed E-state index contributed by atoms with van der Waals surface area (Å²) in [5.41, 5.74) is -0.798. The average molecular weight is 283 g/mol. The predicted molar refractivity (Wildman–Crippen MR) is 73.8 cm³/mol. The second-order valence-corrected chi connectivity index (χ2v) is 5.91. The molecular weight excluding hydrogens is 262 g/mol. The molecule has 1 aliphatic rings. The quantitative estimate of drug-likeness (QED) is 0.737. The lowest BCUT2D eigenvalue weighted by Gasteiger charge is -2.32. The first-order valence-electron chi connectivity index (χ1n) is 6.72. The molecule has 0 unspecified atom stereocenters. The maximum Gasteiger partial charge on any atom is 0.407 e. The monoisotopic (exact) mass is 283 g/mol. The van der Waals surface area contributed by atoms with Crippen LogP contribution in [0, 0.1) is 0 Å². The Kier molecular flexibility index (Phi) is 4.01. The summed E-state index contributed by atoms with van der Waals surface area (Å²) in [5.74, 6) is 0.547. The Hall–Kier alpha value is -1.99. The molecule has 0 bridgehead atoms. The average Bonchev–Trinajstić information content (AvgIpc) is 2.74. The van der Waals surface area contributed by atoms with Gasteiger partial charge < -0.3 is 15.0 Å². The number of amides is 1. The molecule has 112 valence electrons. The van der Waals surface area contributed by atoms with Gasteiger partial charge in [-0.05, 0) is 33.6 Å². The van der Waals surface area contributed by atoms with Crippen LogP contribution in [0.3, 0.4) is 0 Å². The number of carbonyl (C=O) groups excluding carboxylic acids is 1. The van der Waals surface area contributed by atoms with E-state index in [1.807, 2.05) is 25.7 Å². The van der Waals surface area contributed by atoms with Crippen LogP contribution in [0.4, 0.5) is 10.7 Å². The van der Waals surface area contributed by atoms with Crippen molar-refractivity contribution in [3.8, 4) is 0 Å². The molecule has 1 amide bonds. The Morgan fingerprint density at radius 2 is 2.05 bits per heavy atom. The zero-order valence-electron chi connectivity index (χ0n) is 12.0. The topological polar surface area (TPSA) is 103 Å². The Labute approximate surface area is 116 Å². The fraction of sp³-hybridized carbons (Fsp3) is 0.750. The lowest BCUT2D eigenvalue weighted by Crippen LogP contribution is -2.46. The molecule has 1 aliphatic heterocycles. The van der Waals surface area contributed by atoms with Crippen LogP contribution in [0.5, 0.6) is 0 Å². The van der Waals surface area contributed by atoms with Crippen molar-refractivity contribution in [2.24, 2.45) is 0 Å². The van der Waals surface area contributed by atoms with Gasteiger partial charge in [-0.2, -0.15) is 0 Å². The summed E-state index contributed by atoms with van der Waals surface area (Å²) in [7, 11) is 0. The number of nitrogens with one attached hydrogen (secondary N) is 3. The van der Waals surface area contributed by atoms with Gasteiger partial charge >= 0.3 is 11.8 Å². The number of alkyl carbamates (subject to hydrolysis) is 1. The second kappa shape index (κ2) is 5.56. The second-order valence-electron chi connectivity index (χ2n) is 5.91. The third-order valence-corrected chi connectivity index (χ3v) is 3.00. The van der Waals surface area contributed by atoms with E-state index < -0.39 is 5.60 Å². The molecule has 0 radical (unpaired) electrons. The number of anilines is 1. The first kappa shape index (κ1) is 14.4. The number of piperidine rings is 1. The van der Waals surface area contributed by atoms with Gasteiger partial charge in [-0.15, -0.1) is 5.10 Å². The number of nitrogens with zero attached hydrogens (tertiary/aromatic N) is 2. The molecule has 0 spiro atoms. The van der Waals surface area contributed by atoms with Gasteiger partial charge in [0.2, 0.25) is 5.95 Å². The van der Waals surface area contributed by atoms with Crippen LogP contribution < -0.4 is 15.9 Å². The Morgan fingerprint density at radius 1 is 1.40 bits per heavy atom. The van der Waals surface area contributed by atoms with E-state index in [4.69, 9.17) is 4.74 Å². The molecular formula is C12H21N5O3. The molecule has 2 heterocycles. The molecule has 1 saturated heterocycles. The molecule has 8 heteroatoms. The molecule has 20 heavy (non-hydrogen) atoms. The highest BCUT2D eigenvalue weighted by atomic mass is 16.6. The molecule has 0 aromatic carbocycles. The van der Waals surface area contributed by atoms with Gasteiger partial charge in [-0.3, -0.25) is 4.98 Å². The van der Waals surface area contributed by atoms with E-state index in [1.165, 1.54) is 0 Å². The highest BCUT2D eigenvalue weighted by Crippen LogP contribution is 2.15. The van der Waals surface area contributed by atoms with Gasteiger partial charge in [-0.25, -0.2) is 14.7 Å². The van der Waals surface area contributed by atoms with Gasteiger partial charge in [0.25, 0.3) is 0 Å². The molecule has 2 rings (SSSR count). The number of carbonyl (C=O) groups is 1. The first-order valence-corrected chi connectivity index (χ1v) is 6.72. The van der Waals surface area contributed by atoms with Crippen LogP contribution >= 0.6 is 0 Å². The summed E-state index contributed by atoms with van der Waals surface area (Å²) < 4.78 is 5.23. The SMILES string of the molecule is CC(C)(C)OC(=O)NC1CCN(c2n[nH]c(=O)[nH]2)CC1. The van der Waals surface area contributed by atoms with E-state index in [2.05, 4.69) is 20.5 Å². The van der Waals surface area contributed by atoms with Crippen molar-refractivity contribution < 1.29 is 9.53 Å². The van der Waals surface area contributed by atoms with Gasteiger partial charge in [0.15, 0.2) is 0 Å². The normalized spacial score (nSPS) is 17.1. The zero-order chi connectivity index (χ0) is 14.8. The van der Waals surface area contributed by atoms with Gasteiger partial charge in [0, 0.05) is 19.1 Å². The standard InChI is InChI=1S/C12H21N5O3/c1-12(2,3)20-11(19)13-8-4-6-17(7-5-8)9-14-10(18)16-15-9/h8H,4-7H2,1-3H3,(H,13,19)(H2,14,15,16,18). The van der Waals surface area contributed by atoms with Crippen molar-refractivity contribution >= 4 is 12.0 Å². The Balaban J connectivity index is 1.80. The van der Waals surface area contributed by atoms with Crippen LogP contribution in [0.15, 0.2) is 4.79 Å². The van der Waals surface area contributed by atoms with Crippen LogP contribution in [0.25, 0.3) is 0 Å². The van der Waals surface area contributed by atoms with E-state index >= 15 is 0 Å². The van der Waals surface area contributed by atoms with Crippen molar-refractivity contribution in [2.45, 2.75) is 45.3 Å². The van der Waals surface area contributed by atoms with Crippen LogP contribution in [0.1, 0.15) is 33.6 Å². The summed E-state index contributed by atoms with van der Waals surface area (Å²) in [6, 6.07) is 0.0896. The predicted octanol–water partition coefficient (Wildman–Crippen LogP) is 0.592. The van der Waals surface area contributed by atoms with E-state index in [1.54, 1.807) is 0 Å². The van der Waals surface area contributed by atoms with Crippen molar-refractivity contribution in [3.05, 3.63) is 10.5 Å². The van der Waals surface area contributed by atoms with Crippen molar-refractivity contribution in [1.82, 2.24) is 20.5 Å². The molecule has 1 aromatic heterocycles. The third-order valence-electron chi connectivity index (χ3n) is 3.00. The summed E-state index contributed by atoms with van der Waals surface area (Å²) in [4.78, 5) is 27.3. The van der Waals surface area contributed by atoms with E-state index in [0.717, 1.165) is 25.9 Å². The Morgan fingerprint density at radius 3 is 2.55 bits per heavy atom. The first-order chi connectivity index (χ1) is 9.33. The van der Waals surface area contributed by atoms with Crippen LogP contribution in [0.2, 0.25) is 0 Å². The highest BCUT2D eigenvalue weighted by molar-refractivity contribution is 5.68. The number of H-pyrrole nitrogens is 2. The third kappa shape index (κ3) is 4.01. The van der Waals surface area contributed by atoms with Gasteiger partial charge in [-0.1, -0.05) is 0 Å². The lowest BCUT2D eigenvalue weighted by molar-refractivity contribution is 0.0497. The summed E-state index contributed by atoms with van der Waals surface area (Å²) >= 11 is 0. The summed E-state index contributed by atoms with van der Waals surface area (Å²) in [5, 5.41) is 9.10. The van der Waals surface area contributed by atoms with E-state index in [-0.39, 0.29) is 17.8 Å². The van der Waals surface area contributed by atoms with Crippen molar-refractivity contribution in [1.29, 1.82) is 0 Å². The maximum atomic E-state index is 11.7. The number of aromatic amines is 2. The fourth-order valence-electron chi connectivity index (χ4n) is 2.12. The molecule has 8 nitrogen and oxygen atoms in total. The number of aromatic nitrogens is 3. The number of rotatable bonds is 2. The van der Waals surface area contributed by atoms with Crippen molar-refractivity contribution in [2.75, 3.05) is 18.0 Å². The minimum absolute atomic E-state index is 0.0896. The van der Waals surface area contributed by atoms with E-state index in [9.17, 15) is 9.59 Å². The minimum Gasteiger partial charge on any atom is -0.444 e. The molecule has 0 aliphatic carbocycles. The van der Waals surface area contributed by atoms with Crippen LogP contribution in [-0.4, -0.2) is 46.0 Å². The number of hydrogen-bond acceptors (Lipinski definition) is 5.